The van der Waals surface area contributed by atoms with E-state index in [9.17, 15) is 0 Å². The summed E-state index contributed by atoms with van der Waals surface area (Å²) in [6, 6.07) is 0. The van der Waals surface area contributed by atoms with Crippen molar-refractivity contribution in [2.75, 3.05) is 46.1 Å². The van der Waals surface area contributed by atoms with Crippen LogP contribution in [-0.4, -0.2) is 57.0 Å². The van der Waals surface area contributed by atoms with Crippen LogP contribution in [0.2, 0.25) is 0 Å². The molecule has 1 aliphatic heterocycles. The summed E-state index contributed by atoms with van der Waals surface area (Å²) in [6.45, 7) is 9.90. The van der Waals surface area contributed by atoms with Crippen LogP contribution in [0.1, 0.15) is 30.5 Å². The van der Waals surface area contributed by atoms with Crippen LogP contribution in [0.3, 0.4) is 0 Å². The monoisotopic (exact) mass is 354 g/mol. The zero-order chi connectivity index (χ0) is 17.0. The summed E-state index contributed by atoms with van der Waals surface area (Å²) < 4.78 is 11.0. The lowest BCUT2D eigenvalue weighted by Gasteiger charge is -2.11. The van der Waals surface area contributed by atoms with Crippen molar-refractivity contribution in [2.45, 2.75) is 33.1 Å². The molecule has 0 saturated carbocycles. The lowest BCUT2D eigenvalue weighted by atomic mass is 10.1. The topological polar surface area (TPSA) is 67.8 Å². The molecule has 1 atom stereocenters. The van der Waals surface area contributed by atoms with Gasteiger partial charge in [0, 0.05) is 50.6 Å². The minimum Gasteiger partial charge on any atom is -0.381 e. The van der Waals surface area contributed by atoms with Gasteiger partial charge in [-0.05, 0) is 26.7 Å². The molecule has 136 valence electrons. The first kappa shape index (κ1) is 19.1. The molecule has 1 saturated heterocycles. The van der Waals surface area contributed by atoms with E-state index >= 15 is 0 Å². The smallest absolute Gasteiger partial charge is 0.191 e. The van der Waals surface area contributed by atoms with Crippen molar-refractivity contribution in [1.29, 1.82) is 0 Å². The van der Waals surface area contributed by atoms with Crippen molar-refractivity contribution >= 4 is 17.3 Å². The molecule has 0 amide bonds. The number of thiazole rings is 1. The molecule has 1 aliphatic rings. The van der Waals surface area contributed by atoms with Crippen LogP contribution in [0, 0.1) is 12.8 Å². The molecule has 1 fully saturated rings. The number of aromatic nitrogens is 1. The van der Waals surface area contributed by atoms with Gasteiger partial charge in [-0.2, -0.15) is 0 Å². The number of nitrogens with zero attached hydrogens (tertiary/aromatic N) is 2. The molecule has 2 N–H and O–H groups in total. The zero-order valence-corrected chi connectivity index (χ0v) is 15.7. The Hall–Kier alpha value is -1.18. The van der Waals surface area contributed by atoms with Gasteiger partial charge in [0.1, 0.15) is 0 Å². The highest BCUT2D eigenvalue weighted by Crippen LogP contribution is 2.12. The molecule has 1 aromatic rings. The van der Waals surface area contributed by atoms with E-state index in [0.29, 0.717) is 5.92 Å². The minimum absolute atomic E-state index is 0.585. The van der Waals surface area contributed by atoms with Crippen molar-refractivity contribution in [3.63, 3.8) is 0 Å². The molecule has 6 nitrogen and oxygen atoms in total. The lowest BCUT2D eigenvalue weighted by Crippen LogP contribution is -2.38. The van der Waals surface area contributed by atoms with Gasteiger partial charge in [-0.25, -0.2) is 4.98 Å². The van der Waals surface area contributed by atoms with E-state index in [1.54, 1.807) is 11.3 Å². The molecule has 1 unspecified atom stereocenters. The molecule has 0 bridgehead atoms. The first-order valence-corrected chi connectivity index (χ1v) is 9.74. The number of aryl methyl sites for hydroxylation is 1. The Morgan fingerprint density at radius 3 is 3.12 bits per heavy atom. The maximum absolute atomic E-state index is 5.70. The van der Waals surface area contributed by atoms with Crippen molar-refractivity contribution in [2.24, 2.45) is 10.9 Å². The van der Waals surface area contributed by atoms with Gasteiger partial charge in [0.2, 0.25) is 0 Å². The summed E-state index contributed by atoms with van der Waals surface area (Å²) in [6.07, 6.45) is 2.99. The highest BCUT2D eigenvalue weighted by Gasteiger charge is 2.15. The molecule has 0 radical (unpaired) electrons. The molecule has 0 aromatic carbocycles. The van der Waals surface area contributed by atoms with E-state index in [1.165, 1.54) is 0 Å². The van der Waals surface area contributed by atoms with Gasteiger partial charge in [-0.3, -0.25) is 4.99 Å². The summed E-state index contributed by atoms with van der Waals surface area (Å²) in [5, 5.41) is 9.87. The molecule has 2 heterocycles. The Kier molecular flexibility index (Phi) is 9.09. The standard InChI is InChI=1S/C17H30N4O2S/c1-3-18-17(20-8-5-16-13-24-14(2)21-16)19-7-4-9-22-11-15-6-10-23-12-15/h13,15H,3-12H2,1-2H3,(H2,18,19,20). The van der Waals surface area contributed by atoms with Crippen molar-refractivity contribution < 1.29 is 9.47 Å². The van der Waals surface area contributed by atoms with Gasteiger partial charge in [-0.15, -0.1) is 11.3 Å². The highest BCUT2D eigenvalue weighted by atomic mass is 32.1. The van der Waals surface area contributed by atoms with Gasteiger partial charge >= 0.3 is 0 Å². The highest BCUT2D eigenvalue weighted by molar-refractivity contribution is 7.09. The van der Waals surface area contributed by atoms with Gasteiger partial charge in [0.05, 0.1) is 23.9 Å². The Morgan fingerprint density at radius 2 is 2.42 bits per heavy atom. The maximum atomic E-state index is 5.70. The largest absolute Gasteiger partial charge is 0.381 e. The van der Waals surface area contributed by atoms with Crippen LogP contribution < -0.4 is 10.6 Å². The van der Waals surface area contributed by atoms with Crippen LogP contribution >= 0.6 is 11.3 Å². The number of hydrogen-bond donors (Lipinski definition) is 2. The number of hydrogen-bond acceptors (Lipinski definition) is 5. The van der Waals surface area contributed by atoms with Crippen molar-refractivity contribution in [1.82, 2.24) is 15.6 Å². The van der Waals surface area contributed by atoms with E-state index in [4.69, 9.17) is 9.47 Å². The maximum Gasteiger partial charge on any atom is 0.191 e. The Labute approximate surface area is 149 Å². The van der Waals surface area contributed by atoms with Gasteiger partial charge in [0.25, 0.3) is 0 Å². The van der Waals surface area contributed by atoms with Gasteiger partial charge in [-0.1, -0.05) is 0 Å². The average Bonchev–Trinajstić information content (AvgIpc) is 3.22. The second kappa shape index (κ2) is 11.4. The third-order valence-corrected chi connectivity index (χ3v) is 4.60. The molecule has 1 aromatic heterocycles. The SMILES string of the molecule is CCNC(=NCCCOCC1CCOC1)NCCc1csc(C)n1. The summed E-state index contributed by atoms with van der Waals surface area (Å²) in [7, 11) is 0. The van der Waals surface area contributed by atoms with Gasteiger partial charge in [0.15, 0.2) is 5.96 Å². The Morgan fingerprint density at radius 1 is 1.50 bits per heavy atom. The predicted octanol–water partition coefficient (Wildman–Crippen LogP) is 1.99. The van der Waals surface area contributed by atoms with Gasteiger partial charge < -0.3 is 20.1 Å². The summed E-state index contributed by atoms with van der Waals surface area (Å²) in [5.41, 5.74) is 1.14. The lowest BCUT2D eigenvalue weighted by molar-refractivity contribution is 0.0893. The second-order valence-corrected chi connectivity index (χ2v) is 7.02. The molecule has 0 spiro atoms. The third kappa shape index (κ3) is 7.59. The van der Waals surface area contributed by atoms with Crippen LogP contribution in [0.5, 0.6) is 0 Å². The zero-order valence-electron chi connectivity index (χ0n) is 14.8. The minimum atomic E-state index is 0.585. The van der Waals surface area contributed by atoms with E-state index in [0.717, 1.165) is 82.0 Å². The van der Waals surface area contributed by atoms with Crippen LogP contribution in [-0.2, 0) is 15.9 Å². The first-order chi connectivity index (χ1) is 11.8. The van der Waals surface area contributed by atoms with E-state index in [1.807, 2.05) is 6.92 Å². The first-order valence-electron chi connectivity index (χ1n) is 8.86. The van der Waals surface area contributed by atoms with E-state index < -0.39 is 0 Å². The summed E-state index contributed by atoms with van der Waals surface area (Å²) >= 11 is 1.70. The van der Waals surface area contributed by atoms with E-state index in [2.05, 4.69) is 32.9 Å². The normalized spacial score (nSPS) is 18.1. The number of guanidine groups is 1. The molecule has 2 rings (SSSR count). The van der Waals surface area contributed by atoms with Crippen molar-refractivity contribution in [3.8, 4) is 0 Å². The van der Waals surface area contributed by atoms with Crippen LogP contribution in [0.15, 0.2) is 10.4 Å². The number of nitrogens with one attached hydrogen (secondary N) is 2. The quantitative estimate of drug-likeness (QED) is 0.382. The molecule has 7 heteroatoms. The predicted molar refractivity (Wildman–Crippen MR) is 98.9 cm³/mol. The second-order valence-electron chi connectivity index (χ2n) is 5.95. The summed E-state index contributed by atoms with van der Waals surface area (Å²) in [4.78, 5) is 9.07. The van der Waals surface area contributed by atoms with Crippen molar-refractivity contribution in [3.05, 3.63) is 16.1 Å². The fourth-order valence-electron chi connectivity index (χ4n) is 2.50. The molecular weight excluding hydrogens is 324 g/mol. The molecule has 24 heavy (non-hydrogen) atoms. The Bertz CT molecular complexity index is 487. The third-order valence-electron chi connectivity index (χ3n) is 3.78. The number of aliphatic imine (C=N–C) groups is 1. The number of rotatable bonds is 10. The van der Waals surface area contributed by atoms with Crippen LogP contribution in [0.25, 0.3) is 0 Å². The fourth-order valence-corrected chi connectivity index (χ4v) is 3.14. The van der Waals surface area contributed by atoms with Crippen LogP contribution in [0.4, 0.5) is 0 Å². The van der Waals surface area contributed by atoms with E-state index in [-0.39, 0.29) is 0 Å². The Balaban J connectivity index is 1.57. The molecular formula is C17H30N4O2S. The average molecular weight is 355 g/mol. The molecule has 0 aliphatic carbocycles. The number of ether oxygens (including phenoxy) is 2. The fraction of sp³-hybridized carbons (Fsp3) is 0.765. The summed E-state index contributed by atoms with van der Waals surface area (Å²) in [5.74, 6) is 1.45.